The highest BCUT2D eigenvalue weighted by atomic mass is 16.5. The van der Waals surface area contributed by atoms with Gasteiger partial charge in [0.25, 0.3) is 0 Å². The molecule has 0 saturated carbocycles. The molecule has 1 atom stereocenters. The summed E-state index contributed by atoms with van der Waals surface area (Å²) >= 11 is 0. The van der Waals surface area contributed by atoms with Crippen molar-refractivity contribution >= 4 is 12.7 Å². The molecule has 0 rings (SSSR count). The lowest BCUT2D eigenvalue weighted by Crippen LogP contribution is -2.28. The molecule has 5 heteroatoms. The third kappa shape index (κ3) is 8.75. The number of nitrogens with one attached hydrogen (secondary N) is 1. The van der Waals surface area contributed by atoms with Crippen LogP contribution in [0, 0.1) is 0 Å². The van der Waals surface area contributed by atoms with Gasteiger partial charge in [0.15, 0.2) is 0 Å². The molecule has 0 aliphatic carbocycles. The molecule has 0 aromatic carbocycles. The lowest BCUT2D eigenvalue weighted by molar-refractivity contribution is 0.174. The van der Waals surface area contributed by atoms with Crippen LogP contribution in [0.15, 0.2) is 22.4 Å². The van der Waals surface area contributed by atoms with Crippen molar-refractivity contribution in [1.82, 2.24) is 10.2 Å². The highest BCUT2D eigenvalue weighted by Gasteiger charge is 2.04. The highest BCUT2D eigenvalue weighted by Crippen LogP contribution is 1.98. The average Bonchev–Trinajstić information content (AvgIpc) is 2.30. The van der Waals surface area contributed by atoms with Crippen LogP contribution in [0.5, 0.6) is 0 Å². The van der Waals surface area contributed by atoms with Crippen molar-refractivity contribution in [3.8, 4) is 0 Å². The van der Waals surface area contributed by atoms with E-state index in [1.165, 1.54) is 6.34 Å². The van der Waals surface area contributed by atoms with Crippen LogP contribution >= 0.6 is 0 Å². The maximum atomic E-state index is 5.04. The standard InChI is InChI=1S/C13H26N4O/c1-11(2)16-13(4)15-9-14-10-17(5)12(3)7-8-18-6/h9-12,16H,4,7-8H2,1-3,5-6H3/b14-10+,15-9-. The molecule has 0 heterocycles. The summed E-state index contributed by atoms with van der Waals surface area (Å²) < 4.78 is 5.04. The van der Waals surface area contributed by atoms with Gasteiger partial charge in [-0.25, -0.2) is 9.98 Å². The van der Waals surface area contributed by atoms with E-state index in [1.54, 1.807) is 13.4 Å². The lowest BCUT2D eigenvalue weighted by Gasteiger charge is -2.21. The Morgan fingerprint density at radius 3 is 2.67 bits per heavy atom. The number of hydrogen-bond donors (Lipinski definition) is 1. The van der Waals surface area contributed by atoms with Crippen LogP contribution in [0.25, 0.3) is 0 Å². The molecule has 0 fully saturated rings. The van der Waals surface area contributed by atoms with Crippen molar-refractivity contribution in [3.63, 3.8) is 0 Å². The number of aliphatic imine (C=N–C) groups is 2. The first-order chi connectivity index (χ1) is 8.47. The first-order valence-electron chi connectivity index (χ1n) is 6.19. The number of ether oxygens (including phenoxy) is 1. The summed E-state index contributed by atoms with van der Waals surface area (Å²) in [7, 11) is 3.69. The molecule has 0 bridgehead atoms. The van der Waals surface area contributed by atoms with Crippen molar-refractivity contribution in [2.24, 2.45) is 9.98 Å². The number of nitrogens with zero attached hydrogens (tertiary/aromatic N) is 3. The Hall–Kier alpha value is -1.36. The monoisotopic (exact) mass is 254 g/mol. The van der Waals surface area contributed by atoms with Crippen molar-refractivity contribution in [2.75, 3.05) is 20.8 Å². The molecule has 1 unspecified atom stereocenters. The Bertz CT molecular complexity index is 287. The summed E-state index contributed by atoms with van der Waals surface area (Å²) in [6.07, 6.45) is 4.22. The molecular weight excluding hydrogens is 228 g/mol. The maximum absolute atomic E-state index is 5.04. The molecule has 0 aliphatic rings. The molecule has 5 nitrogen and oxygen atoms in total. The SMILES string of the molecule is C=C(/N=C\N=C\N(C)C(C)CCOC)NC(C)C. The number of hydrogen-bond acceptors (Lipinski definition) is 3. The van der Waals surface area contributed by atoms with E-state index < -0.39 is 0 Å². The first kappa shape index (κ1) is 16.6. The second-order valence-electron chi connectivity index (χ2n) is 4.55. The number of rotatable bonds is 9. The van der Waals surface area contributed by atoms with Gasteiger partial charge in [-0.05, 0) is 27.2 Å². The highest BCUT2D eigenvalue weighted by molar-refractivity contribution is 5.71. The third-order valence-corrected chi connectivity index (χ3v) is 2.42. The van der Waals surface area contributed by atoms with Crippen LogP contribution < -0.4 is 5.32 Å². The molecule has 0 aromatic rings. The second-order valence-corrected chi connectivity index (χ2v) is 4.55. The molecule has 18 heavy (non-hydrogen) atoms. The minimum absolute atomic E-state index is 0.329. The van der Waals surface area contributed by atoms with Gasteiger partial charge in [0, 0.05) is 32.8 Å². The van der Waals surface area contributed by atoms with Crippen molar-refractivity contribution in [3.05, 3.63) is 12.4 Å². The molecule has 0 aliphatic heterocycles. The summed E-state index contributed by atoms with van der Waals surface area (Å²) in [6, 6.07) is 0.717. The molecule has 0 saturated heterocycles. The van der Waals surface area contributed by atoms with E-state index in [-0.39, 0.29) is 0 Å². The minimum atomic E-state index is 0.329. The van der Waals surface area contributed by atoms with E-state index >= 15 is 0 Å². The molecule has 0 spiro atoms. The summed E-state index contributed by atoms with van der Waals surface area (Å²) in [5, 5.41) is 3.09. The van der Waals surface area contributed by atoms with Crippen LogP contribution in [-0.2, 0) is 4.74 Å². The molecule has 0 amide bonds. The summed E-state index contributed by atoms with van der Waals surface area (Å²) in [5.74, 6) is 0.622. The molecule has 1 N–H and O–H groups in total. The van der Waals surface area contributed by atoms with Crippen molar-refractivity contribution < 1.29 is 4.74 Å². The maximum Gasteiger partial charge on any atom is 0.120 e. The fourth-order valence-electron chi connectivity index (χ4n) is 1.21. The predicted octanol–water partition coefficient (Wildman–Crippen LogP) is 1.87. The largest absolute Gasteiger partial charge is 0.385 e. The van der Waals surface area contributed by atoms with Gasteiger partial charge >= 0.3 is 0 Å². The fourth-order valence-corrected chi connectivity index (χ4v) is 1.21. The Morgan fingerprint density at radius 1 is 1.44 bits per heavy atom. The van der Waals surface area contributed by atoms with E-state index in [1.807, 2.05) is 25.8 Å². The van der Waals surface area contributed by atoms with Gasteiger partial charge in [0.05, 0.1) is 6.34 Å². The molecular formula is C13H26N4O. The van der Waals surface area contributed by atoms with E-state index in [0.717, 1.165) is 13.0 Å². The van der Waals surface area contributed by atoms with Crippen LogP contribution in [-0.4, -0.2) is 50.4 Å². The van der Waals surface area contributed by atoms with Crippen LogP contribution in [0.2, 0.25) is 0 Å². The van der Waals surface area contributed by atoms with Gasteiger partial charge in [-0.1, -0.05) is 6.58 Å². The Morgan fingerprint density at radius 2 is 2.11 bits per heavy atom. The van der Waals surface area contributed by atoms with Gasteiger partial charge in [0.1, 0.15) is 12.2 Å². The second kappa shape index (κ2) is 9.65. The van der Waals surface area contributed by atoms with Crippen molar-refractivity contribution in [1.29, 1.82) is 0 Å². The predicted molar refractivity (Wildman–Crippen MR) is 78.1 cm³/mol. The van der Waals surface area contributed by atoms with E-state index in [0.29, 0.717) is 17.9 Å². The molecule has 0 aromatic heterocycles. The topological polar surface area (TPSA) is 49.2 Å². The lowest BCUT2D eigenvalue weighted by atomic mass is 10.2. The average molecular weight is 254 g/mol. The van der Waals surface area contributed by atoms with E-state index in [4.69, 9.17) is 4.74 Å². The fraction of sp³-hybridized carbons (Fsp3) is 0.692. The summed E-state index contributed by atoms with van der Waals surface area (Å²) in [6.45, 7) is 10.7. The normalized spacial score (nSPS) is 13.4. The smallest absolute Gasteiger partial charge is 0.120 e. The number of methoxy groups -OCH3 is 1. The van der Waals surface area contributed by atoms with Gasteiger partial charge in [-0.15, -0.1) is 0 Å². The minimum Gasteiger partial charge on any atom is -0.385 e. The molecule has 104 valence electrons. The van der Waals surface area contributed by atoms with Crippen LogP contribution in [0.1, 0.15) is 27.2 Å². The van der Waals surface area contributed by atoms with Crippen LogP contribution in [0.4, 0.5) is 0 Å². The van der Waals surface area contributed by atoms with Gasteiger partial charge in [-0.3, -0.25) is 0 Å². The Labute approximate surface area is 111 Å². The quantitative estimate of drug-likeness (QED) is 0.505. The zero-order valence-corrected chi connectivity index (χ0v) is 12.2. The van der Waals surface area contributed by atoms with Gasteiger partial charge < -0.3 is 15.0 Å². The van der Waals surface area contributed by atoms with Gasteiger partial charge in [-0.2, -0.15) is 0 Å². The third-order valence-electron chi connectivity index (χ3n) is 2.42. The summed E-state index contributed by atoms with van der Waals surface area (Å²) in [5.41, 5.74) is 0. The Balaban J connectivity index is 3.99. The summed E-state index contributed by atoms with van der Waals surface area (Å²) in [4.78, 5) is 10.2. The zero-order chi connectivity index (χ0) is 14.0. The van der Waals surface area contributed by atoms with Crippen LogP contribution in [0.3, 0.4) is 0 Å². The zero-order valence-electron chi connectivity index (χ0n) is 12.2. The van der Waals surface area contributed by atoms with Crippen molar-refractivity contribution in [2.45, 2.75) is 39.3 Å². The van der Waals surface area contributed by atoms with Gasteiger partial charge in [0.2, 0.25) is 0 Å². The Kier molecular flexibility index (Phi) is 8.92. The first-order valence-corrected chi connectivity index (χ1v) is 6.19. The van der Waals surface area contributed by atoms with E-state index in [2.05, 4.69) is 28.8 Å². The van der Waals surface area contributed by atoms with E-state index in [9.17, 15) is 0 Å². The molecule has 0 radical (unpaired) electrons.